The van der Waals surface area contributed by atoms with E-state index in [0.717, 1.165) is 6.42 Å². The quantitative estimate of drug-likeness (QED) is 0.548. The summed E-state index contributed by atoms with van der Waals surface area (Å²) in [6.07, 6.45) is 1.80. The number of likely N-dealkylation sites (tertiary alicyclic amines) is 1. The number of aromatic nitrogens is 2. The van der Waals surface area contributed by atoms with Gasteiger partial charge in [0, 0.05) is 24.4 Å². The first-order valence-corrected chi connectivity index (χ1v) is 9.62. The van der Waals surface area contributed by atoms with Crippen molar-refractivity contribution in [3.8, 4) is 11.5 Å². The van der Waals surface area contributed by atoms with E-state index in [9.17, 15) is 19.4 Å². The molecule has 4 rings (SSSR count). The Morgan fingerprint density at radius 2 is 2.17 bits per heavy atom. The van der Waals surface area contributed by atoms with Gasteiger partial charge in [-0.25, -0.2) is 19.2 Å². The van der Waals surface area contributed by atoms with E-state index in [0.29, 0.717) is 41.1 Å². The lowest BCUT2D eigenvalue weighted by molar-refractivity contribution is 0.123. The molecule has 1 aliphatic heterocycles. The second-order valence-corrected chi connectivity index (χ2v) is 7.30. The molecule has 1 aliphatic rings. The molecule has 30 heavy (non-hydrogen) atoms. The molecule has 1 amide bonds. The molecule has 3 aromatic rings. The van der Waals surface area contributed by atoms with Crippen LogP contribution in [0.2, 0.25) is 5.02 Å². The van der Waals surface area contributed by atoms with E-state index in [4.69, 9.17) is 16.3 Å². The van der Waals surface area contributed by atoms with Crippen LogP contribution in [0.1, 0.15) is 12.8 Å². The predicted molar refractivity (Wildman–Crippen MR) is 109 cm³/mol. The van der Waals surface area contributed by atoms with Crippen LogP contribution in [0.4, 0.5) is 20.7 Å². The average molecular weight is 433 g/mol. The van der Waals surface area contributed by atoms with Crippen molar-refractivity contribution in [2.45, 2.75) is 18.9 Å². The van der Waals surface area contributed by atoms with Gasteiger partial charge in [0.1, 0.15) is 36.1 Å². The van der Waals surface area contributed by atoms with E-state index >= 15 is 0 Å². The molecule has 2 heterocycles. The van der Waals surface area contributed by atoms with Crippen molar-refractivity contribution in [2.75, 3.05) is 18.5 Å². The molecular formula is C20H18ClFN4O4. The van der Waals surface area contributed by atoms with Gasteiger partial charge in [-0.1, -0.05) is 11.6 Å². The number of anilines is 2. The first-order chi connectivity index (χ1) is 14.4. The van der Waals surface area contributed by atoms with Gasteiger partial charge in [0.25, 0.3) is 0 Å². The number of nitrogens with zero attached hydrogens (tertiary/aromatic N) is 3. The van der Waals surface area contributed by atoms with Gasteiger partial charge in [-0.2, -0.15) is 0 Å². The molecule has 0 aliphatic carbocycles. The number of aromatic hydroxyl groups is 1. The Bertz CT molecular complexity index is 1110. The van der Waals surface area contributed by atoms with Gasteiger partial charge in [0.05, 0.1) is 22.0 Å². The van der Waals surface area contributed by atoms with Crippen LogP contribution in [-0.4, -0.2) is 50.4 Å². The maximum Gasteiger partial charge on any atom is 0.407 e. The zero-order valence-corrected chi connectivity index (χ0v) is 16.4. The van der Waals surface area contributed by atoms with E-state index in [1.54, 1.807) is 0 Å². The van der Waals surface area contributed by atoms with Crippen molar-refractivity contribution in [3.63, 3.8) is 0 Å². The fourth-order valence-corrected chi connectivity index (χ4v) is 3.69. The number of phenols is 1. The van der Waals surface area contributed by atoms with Gasteiger partial charge in [-0.05, 0) is 31.0 Å². The molecule has 0 unspecified atom stereocenters. The number of rotatable bonds is 5. The van der Waals surface area contributed by atoms with Crippen LogP contribution in [0.15, 0.2) is 36.7 Å². The minimum atomic E-state index is -0.985. The Morgan fingerprint density at radius 3 is 2.93 bits per heavy atom. The third kappa shape index (κ3) is 4.02. The third-order valence-corrected chi connectivity index (χ3v) is 5.21. The minimum Gasteiger partial charge on any atom is -0.508 e. The molecule has 0 saturated carbocycles. The maximum absolute atomic E-state index is 13.5. The van der Waals surface area contributed by atoms with E-state index in [2.05, 4.69) is 15.3 Å². The summed E-state index contributed by atoms with van der Waals surface area (Å²) in [6.45, 7) is 0.590. The van der Waals surface area contributed by atoms with Gasteiger partial charge < -0.3 is 25.2 Å². The average Bonchev–Trinajstić information content (AvgIpc) is 3.18. The highest BCUT2D eigenvalue weighted by Crippen LogP contribution is 2.36. The Labute approximate surface area is 175 Å². The SMILES string of the molecule is O=C(O)N1CCC[C@@H]1COc1cc(O)cc2ncnc(Nc3ccc(F)c(Cl)c3)c12. The van der Waals surface area contributed by atoms with E-state index in [-0.39, 0.29) is 23.4 Å². The number of fused-ring (bicyclic) bond motifs is 1. The minimum absolute atomic E-state index is 0.0394. The first-order valence-electron chi connectivity index (χ1n) is 9.24. The van der Waals surface area contributed by atoms with Crippen LogP contribution in [-0.2, 0) is 0 Å². The maximum atomic E-state index is 13.5. The lowest BCUT2D eigenvalue weighted by Gasteiger charge is -2.22. The molecule has 8 nitrogen and oxygen atoms in total. The molecular weight excluding hydrogens is 415 g/mol. The second-order valence-electron chi connectivity index (χ2n) is 6.90. The summed E-state index contributed by atoms with van der Waals surface area (Å²) in [7, 11) is 0. The number of carboxylic acid groups (broad SMARTS) is 1. The number of hydrogen-bond acceptors (Lipinski definition) is 6. The number of ether oxygens (including phenoxy) is 1. The lowest BCUT2D eigenvalue weighted by Crippen LogP contribution is -2.38. The molecule has 1 aromatic heterocycles. The smallest absolute Gasteiger partial charge is 0.407 e. The van der Waals surface area contributed by atoms with E-state index in [1.807, 2.05) is 0 Å². The zero-order chi connectivity index (χ0) is 21.3. The number of benzene rings is 2. The van der Waals surface area contributed by atoms with Crippen LogP contribution in [0.3, 0.4) is 0 Å². The Morgan fingerprint density at radius 1 is 1.33 bits per heavy atom. The Hall–Kier alpha value is -3.33. The molecule has 2 aromatic carbocycles. The molecule has 1 atom stereocenters. The molecule has 0 spiro atoms. The number of hydrogen-bond donors (Lipinski definition) is 3. The number of carbonyl (C=O) groups is 1. The summed E-state index contributed by atoms with van der Waals surface area (Å²) >= 11 is 5.85. The Kier molecular flexibility index (Phi) is 5.45. The highest BCUT2D eigenvalue weighted by atomic mass is 35.5. The summed E-state index contributed by atoms with van der Waals surface area (Å²) in [5, 5.41) is 22.9. The van der Waals surface area contributed by atoms with Gasteiger partial charge in [-0.3, -0.25) is 0 Å². The first kappa shape index (κ1) is 20.0. The largest absolute Gasteiger partial charge is 0.508 e. The third-order valence-electron chi connectivity index (χ3n) is 4.92. The van der Waals surface area contributed by atoms with Crippen LogP contribution >= 0.6 is 11.6 Å². The van der Waals surface area contributed by atoms with Gasteiger partial charge in [0.2, 0.25) is 0 Å². The topological polar surface area (TPSA) is 108 Å². The van der Waals surface area contributed by atoms with E-state index in [1.165, 1.54) is 41.6 Å². The van der Waals surface area contributed by atoms with Crippen molar-refractivity contribution in [2.24, 2.45) is 0 Å². The van der Waals surface area contributed by atoms with Gasteiger partial charge in [0.15, 0.2) is 0 Å². The van der Waals surface area contributed by atoms with Crippen LogP contribution in [0.25, 0.3) is 10.9 Å². The lowest BCUT2D eigenvalue weighted by atomic mass is 10.2. The number of phenolic OH excluding ortho intramolecular Hbond substituents is 1. The molecule has 1 saturated heterocycles. The number of nitrogens with one attached hydrogen (secondary N) is 1. The Balaban J connectivity index is 1.67. The highest BCUT2D eigenvalue weighted by Gasteiger charge is 2.29. The fourth-order valence-electron chi connectivity index (χ4n) is 3.51. The van der Waals surface area contributed by atoms with Crippen LogP contribution in [0, 0.1) is 5.82 Å². The van der Waals surface area contributed by atoms with Crippen LogP contribution < -0.4 is 10.1 Å². The summed E-state index contributed by atoms with van der Waals surface area (Å²) in [4.78, 5) is 21.1. The number of amides is 1. The molecule has 1 fully saturated rings. The van der Waals surface area contributed by atoms with Crippen molar-refractivity contribution < 1.29 is 24.1 Å². The summed E-state index contributed by atoms with van der Waals surface area (Å²) in [5.74, 6) is 0.0921. The standard InChI is InChI=1S/C20H18ClFN4O4/c21-14-6-11(3-4-15(14)22)25-19-18-16(23-10-24-19)7-13(27)8-17(18)30-9-12-2-1-5-26(12)20(28)29/h3-4,6-8,10,12,27H,1-2,5,9H2,(H,28,29)(H,23,24,25)/t12-/m1/s1. The van der Waals surface area contributed by atoms with E-state index < -0.39 is 11.9 Å². The molecule has 3 N–H and O–H groups in total. The molecule has 0 radical (unpaired) electrons. The van der Waals surface area contributed by atoms with Crippen LogP contribution in [0.5, 0.6) is 11.5 Å². The molecule has 156 valence electrons. The molecule has 0 bridgehead atoms. The van der Waals surface area contributed by atoms with Crippen molar-refractivity contribution in [1.82, 2.24) is 14.9 Å². The van der Waals surface area contributed by atoms with Crippen molar-refractivity contribution in [1.29, 1.82) is 0 Å². The normalized spacial score (nSPS) is 16.1. The zero-order valence-electron chi connectivity index (χ0n) is 15.7. The fraction of sp³-hybridized carbons (Fsp3) is 0.250. The molecule has 10 heteroatoms. The summed E-state index contributed by atoms with van der Waals surface area (Å²) < 4.78 is 19.4. The number of halogens is 2. The van der Waals surface area contributed by atoms with Crippen molar-refractivity contribution >= 4 is 40.1 Å². The second kappa shape index (κ2) is 8.19. The van der Waals surface area contributed by atoms with Gasteiger partial charge in [-0.15, -0.1) is 0 Å². The summed E-state index contributed by atoms with van der Waals surface area (Å²) in [5.41, 5.74) is 0.936. The van der Waals surface area contributed by atoms with Gasteiger partial charge >= 0.3 is 6.09 Å². The summed E-state index contributed by atoms with van der Waals surface area (Å²) in [6, 6.07) is 6.78. The monoisotopic (exact) mass is 432 g/mol. The van der Waals surface area contributed by atoms with Crippen molar-refractivity contribution in [3.05, 3.63) is 47.5 Å². The predicted octanol–water partition coefficient (Wildman–Crippen LogP) is 4.39. The highest BCUT2D eigenvalue weighted by molar-refractivity contribution is 6.31.